The Morgan fingerprint density at radius 1 is 0.930 bits per heavy atom. The van der Waals surface area contributed by atoms with Gasteiger partial charge in [0.05, 0.1) is 6.54 Å². The summed E-state index contributed by atoms with van der Waals surface area (Å²) in [5, 5.41) is 12.9. The molecule has 2 aliphatic rings. The summed E-state index contributed by atoms with van der Waals surface area (Å²) in [5.41, 5.74) is 3.81. The maximum atomic E-state index is 13.5. The van der Waals surface area contributed by atoms with E-state index in [9.17, 15) is 14.7 Å². The molecule has 2 N–H and O–H groups in total. The van der Waals surface area contributed by atoms with Crippen molar-refractivity contribution in [1.29, 1.82) is 0 Å². The van der Waals surface area contributed by atoms with Gasteiger partial charge in [-0.2, -0.15) is 0 Å². The minimum atomic E-state index is -1.03. The summed E-state index contributed by atoms with van der Waals surface area (Å²) < 4.78 is 11.6. The van der Waals surface area contributed by atoms with Crippen LogP contribution in [0.1, 0.15) is 29.8 Å². The highest BCUT2D eigenvalue weighted by molar-refractivity contribution is 6.31. The van der Waals surface area contributed by atoms with Crippen molar-refractivity contribution >= 4 is 46.1 Å². The minimum absolute atomic E-state index is 0.0645. The number of aliphatic hydroxyl groups is 1. The van der Waals surface area contributed by atoms with Crippen molar-refractivity contribution < 1.29 is 24.2 Å². The molecule has 2 amide bonds. The van der Waals surface area contributed by atoms with Crippen LogP contribution in [0.2, 0.25) is 10.0 Å². The lowest BCUT2D eigenvalue weighted by Gasteiger charge is -2.35. The van der Waals surface area contributed by atoms with Crippen molar-refractivity contribution in [3.05, 3.63) is 93.6 Å². The average Bonchev–Trinajstić information content (AvgIpc) is 3.36. The quantitative estimate of drug-likeness (QED) is 0.276. The zero-order valence-corrected chi connectivity index (χ0v) is 25.1. The first-order chi connectivity index (χ1) is 20.7. The third-order valence-corrected chi connectivity index (χ3v) is 8.53. The van der Waals surface area contributed by atoms with E-state index in [1.807, 2.05) is 30.3 Å². The molecule has 0 aliphatic carbocycles. The lowest BCUT2D eigenvalue weighted by atomic mass is 9.92. The third-order valence-electron chi connectivity index (χ3n) is 8.04. The SMILES string of the molecule is CC(=O)N1CCN(CC(O)Oc2ccc(C3c4[nH]c5ccc(Cl)cc5c4CCN3C(=O)Oc3ccc(Cl)cc3)cc2)CC1. The lowest BCUT2D eigenvalue weighted by Crippen LogP contribution is -2.50. The number of nitrogens with zero attached hydrogens (tertiary/aromatic N) is 3. The number of rotatable bonds is 6. The molecule has 11 heteroatoms. The molecule has 0 spiro atoms. The second-order valence-electron chi connectivity index (χ2n) is 10.8. The van der Waals surface area contributed by atoms with E-state index >= 15 is 0 Å². The number of β-amino-alcohol motifs (C(OH)–C–C–N with tert-alkyl or cyclic N) is 1. The number of piperazine rings is 1. The fraction of sp³-hybridized carbons (Fsp3) is 0.312. The van der Waals surface area contributed by atoms with Crippen molar-refractivity contribution in [3.63, 3.8) is 0 Å². The van der Waals surface area contributed by atoms with Crippen LogP contribution in [0.4, 0.5) is 4.79 Å². The number of nitrogens with one attached hydrogen (secondary N) is 1. The molecule has 43 heavy (non-hydrogen) atoms. The fourth-order valence-corrected chi connectivity index (χ4v) is 6.15. The van der Waals surface area contributed by atoms with Crippen LogP contribution >= 0.6 is 23.2 Å². The molecule has 2 aliphatic heterocycles. The molecule has 4 aromatic rings. The highest BCUT2D eigenvalue weighted by Crippen LogP contribution is 2.40. The number of H-pyrrole nitrogens is 1. The Labute approximate surface area is 259 Å². The van der Waals surface area contributed by atoms with Gasteiger partial charge in [-0.15, -0.1) is 0 Å². The van der Waals surface area contributed by atoms with E-state index in [4.69, 9.17) is 32.7 Å². The van der Waals surface area contributed by atoms with E-state index in [1.54, 1.807) is 53.1 Å². The Morgan fingerprint density at radius 3 is 2.30 bits per heavy atom. The first-order valence-electron chi connectivity index (χ1n) is 14.2. The van der Waals surface area contributed by atoms with Crippen LogP contribution < -0.4 is 9.47 Å². The predicted octanol–water partition coefficient (Wildman–Crippen LogP) is 5.48. The number of aromatic amines is 1. The van der Waals surface area contributed by atoms with Gasteiger partial charge in [-0.25, -0.2) is 4.79 Å². The van der Waals surface area contributed by atoms with Crippen LogP contribution in [-0.2, 0) is 11.2 Å². The molecule has 0 radical (unpaired) electrons. The number of halogens is 2. The van der Waals surface area contributed by atoms with Gasteiger partial charge >= 0.3 is 6.09 Å². The average molecular weight is 624 g/mol. The predicted molar refractivity (Wildman–Crippen MR) is 165 cm³/mol. The molecule has 3 aromatic carbocycles. The second kappa shape index (κ2) is 12.5. The van der Waals surface area contributed by atoms with E-state index in [1.165, 1.54) is 0 Å². The maximum absolute atomic E-state index is 13.5. The van der Waals surface area contributed by atoms with Gasteiger partial charge in [0.15, 0.2) is 0 Å². The summed E-state index contributed by atoms with van der Waals surface area (Å²) in [5.74, 6) is 0.978. The molecule has 2 atom stereocenters. The van der Waals surface area contributed by atoms with Crippen LogP contribution in [-0.4, -0.2) is 82.3 Å². The number of aromatic nitrogens is 1. The van der Waals surface area contributed by atoms with Crippen molar-refractivity contribution in [2.75, 3.05) is 39.3 Å². The molecule has 1 aromatic heterocycles. The minimum Gasteiger partial charge on any atom is -0.464 e. The highest BCUT2D eigenvalue weighted by atomic mass is 35.5. The number of amides is 2. The molecule has 2 unspecified atom stereocenters. The van der Waals surface area contributed by atoms with E-state index < -0.39 is 18.4 Å². The molecule has 0 bridgehead atoms. The molecule has 3 heterocycles. The molecule has 9 nitrogen and oxygen atoms in total. The zero-order chi connectivity index (χ0) is 30.1. The molecule has 1 saturated heterocycles. The van der Waals surface area contributed by atoms with E-state index in [0.717, 1.165) is 27.7 Å². The van der Waals surface area contributed by atoms with E-state index in [2.05, 4.69) is 9.88 Å². The lowest BCUT2D eigenvalue weighted by molar-refractivity contribution is -0.131. The molecule has 0 saturated carbocycles. The molecular weight excluding hydrogens is 591 g/mol. The van der Waals surface area contributed by atoms with E-state index in [0.29, 0.717) is 67.2 Å². The second-order valence-corrected chi connectivity index (χ2v) is 11.7. The molecule has 6 rings (SSSR count). The number of hydrogen-bond donors (Lipinski definition) is 2. The van der Waals surface area contributed by atoms with Gasteiger partial charge in [0.1, 0.15) is 17.5 Å². The molecule has 1 fully saturated rings. The maximum Gasteiger partial charge on any atom is 0.416 e. The first-order valence-corrected chi connectivity index (χ1v) is 15.0. The summed E-state index contributed by atoms with van der Waals surface area (Å²) in [6, 6.07) is 19.3. The van der Waals surface area contributed by atoms with Crippen LogP contribution in [0.3, 0.4) is 0 Å². The van der Waals surface area contributed by atoms with Gasteiger partial charge in [-0.1, -0.05) is 35.3 Å². The number of hydrogen-bond acceptors (Lipinski definition) is 6. The summed E-state index contributed by atoms with van der Waals surface area (Å²) in [6.07, 6.45) is -0.869. The zero-order valence-electron chi connectivity index (χ0n) is 23.6. The van der Waals surface area contributed by atoms with Gasteiger partial charge in [-0.3, -0.25) is 14.6 Å². The van der Waals surface area contributed by atoms with Crippen molar-refractivity contribution in [2.45, 2.75) is 25.7 Å². The Bertz CT molecular complexity index is 1620. The Kier molecular flexibility index (Phi) is 8.50. The third kappa shape index (κ3) is 6.45. The van der Waals surface area contributed by atoms with Gasteiger partial charge in [0, 0.05) is 66.3 Å². The van der Waals surface area contributed by atoms with E-state index in [-0.39, 0.29) is 5.91 Å². The number of benzene rings is 3. The Balaban J connectivity index is 1.22. The fourth-order valence-electron chi connectivity index (χ4n) is 5.86. The summed E-state index contributed by atoms with van der Waals surface area (Å²) in [4.78, 5) is 34.2. The van der Waals surface area contributed by atoms with Crippen LogP contribution in [0, 0.1) is 0 Å². The van der Waals surface area contributed by atoms with Gasteiger partial charge in [0.25, 0.3) is 0 Å². The topological polar surface area (TPSA) is 98.3 Å². The van der Waals surface area contributed by atoms with Crippen molar-refractivity contribution in [3.8, 4) is 11.5 Å². The number of carbonyl (C=O) groups is 2. The van der Waals surface area contributed by atoms with Crippen LogP contribution in [0.5, 0.6) is 11.5 Å². The number of ether oxygens (including phenoxy) is 2. The molecular formula is C32H32Cl2N4O5. The monoisotopic (exact) mass is 622 g/mol. The van der Waals surface area contributed by atoms with Crippen LogP contribution in [0.15, 0.2) is 66.7 Å². The number of fused-ring (bicyclic) bond motifs is 3. The normalized spacial score (nSPS) is 17.9. The Morgan fingerprint density at radius 2 is 1.60 bits per heavy atom. The van der Waals surface area contributed by atoms with Crippen molar-refractivity contribution in [2.24, 2.45) is 0 Å². The summed E-state index contributed by atoms with van der Waals surface area (Å²) in [7, 11) is 0. The largest absolute Gasteiger partial charge is 0.464 e. The van der Waals surface area contributed by atoms with Crippen LogP contribution in [0.25, 0.3) is 10.9 Å². The van der Waals surface area contributed by atoms with Gasteiger partial charge < -0.3 is 24.5 Å². The first kappa shape index (κ1) is 29.3. The van der Waals surface area contributed by atoms with Crippen molar-refractivity contribution in [1.82, 2.24) is 19.7 Å². The Hall–Kier alpha value is -3.76. The van der Waals surface area contributed by atoms with Gasteiger partial charge in [-0.05, 0) is 72.1 Å². The summed E-state index contributed by atoms with van der Waals surface area (Å²) in [6.45, 7) is 4.98. The smallest absolute Gasteiger partial charge is 0.416 e. The van der Waals surface area contributed by atoms with Gasteiger partial charge in [0.2, 0.25) is 12.2 Å². The number of aliphatic hydroxyl groups excluding tert-OH is 1. The molecule has 224 valence electrons. The summed E-state index contributed by atoms with van der Waals surface area (Å²) >= 11 is 12.3. The number of carbonyl (C=O) groups excluding carboxylic acids is 2. The standard InChI is InChI=1S/C32H32Cl2N4O5/c1-20(39)37-16-14-36(15-17-37)19-29(40)42-24-7-2-21(3-8-24)31-30-26(27-18-23(34)6-11-28(27)35-30)12-13-38(31)32(41)43-25-9-4-22(33)5-10-25/h2-11,18,29,31,35,40H,12-17,19H2,1H3. The highest BCUT2D eigenvalue weighted by Gasteiger charge is 2.36.